The van der Waals surface area contributed by atoms with Gasteiger partial charge in [-0.2, -0.15) is 0 Å². The van der Waals surface area contributed by atoms with E-state index in [9.17, 15) is 4.79 Å². The Morgan fingerprint density at radius 1 is 1.58 bits per heavy atom. The van der Waals surface area contributed by atoms with Crippen LogP contribution in [0.5, 0.6) is 0 Å². The lowest BCUT2D eigenvalue weighted by atomic mass is 10.2. The molecule has 0 spiro atoms. The molecule has 12 heavy (non-hydrogen) atoms. The van der Waals surface area contributed by atoms with Crippen molar-refractivity contribution in [1.82, 2.24) is 0 Å². The van der Waals surface area contributed by atoms with Crippen LogP contribution in [0.25, 0.3) is 0 Å². The van der Waals surface area contributed by atoms with Crippen molar-refractivity contribution in [2.75, 3.05) is 5.52 Å². The molecule has 0 N–H and O–H groups in total. The van der Waals surface area contributed by atoms with E-state index in [-0.39, 0.29) is 11.5 Å². The zero-order valence-electron chi connectivity index (χ0n) is 6.09. The lowest BCUT2D eigenvalue weighted by molar-refractivity contribution is 0.0584. The van der Waals surface area contributed by atoms with Crippen LogP contribution in [-0.2, 0) is 4.74 Å². The Balaban J connectivity index is 2.81. The fraction of sp³-hybridized carbons (Fsp3) is 0.125. The van der Waals surface area contributed by atoms with E-state index in [1.807, 2.05) is 12.1 Å². The van der Waals surface area contributed by atoms with Crippen LogP contribution in [0.2, 0.25) is 0 Å². The first-order valence-corrected chi connectivity index (χ1v) is 5.42. The lowest BCUT2D eigenvalue weighted by Crippen LogP contribution is -2.03. The van der Waals surface area contributed by atoms with Crippen molar-refractivity contribution in [3.05, 3.63) is 33.4 Å². The Morgan fingerprint density at radius 2 is 2.33 bits per heavy atom. The number of hydrogen-bond acceptors (Lipinski definition) is 2. The minimum atomic E-state index is -0.301. The highest BCUT2D eigenvalue weighted by molar-refractivity contribution is 14.1. The fourth-order valence-corrected chi connectivity index (χ4v) is 1.50. The van der Waals surface area contributed by atoms with Crippen LogP contribution in [0.4, 0.5) is 0 Å². The van der Waals surface area contributed by atoms with Crippen LogP contribution < -0.4 is 0 Å². The van der Waals surface area contributed by atoms with Crippen molar-refractivity contribution in [2.45, 2.75) is 0 Å². The van der Waals surface area contributed by atoms with Gasteiger partial charge in [0.2, 0.25) is 0 Å². The van der Waals surface area contributed by atoms with Gasteiger partial charge in [-0.1, -0.05) is 6.07 Å². The molecule has 1 rings (SSSR count). The predicted octanol–water partition coefficient (Wildman–Crippen LogP) is 2.80. The monoisotopic (exact) mass is 340 g/mol. The summed E-state index contributed by atoms with van der Waals surface area (Å²) in [5.41, 5.74) is 0.818. The largest absolute Gasteiger partial charge is 0.450 e. The smallest absolute Gasteiger partial charge is 0.339 e. The summed E-state index contributed by atoms with van der Waals surface area (Å²) in [5.74, 6) is -0.301. The minimum absolute atomic E-state index is 0.233. The average Bonchev–Trinajstić information content (AvgIpc) is 2.05. The van der Waals surface area contributed by atoms with Gasteiger partial charge in [-0.15, -0.1) is 0 Å². The number of carbonyl (C=O) groups excluding carboxylic acids is 1. The molecule has 0 aliphatic heterocycles. The summed E-state index contributed by atoms with van der Waals surface area (Å²) < 4.78 is 5.78. The molecule has 0 fully saturated rings. The van der Waals surface area contributed by atoms with E-state index in [0.717, 1.165) is 3.57 Å². The summed E-state index contributed by atoms with van der Waals surface area (Å²) >= 11 is 5.17. The maximum atomic E-state index is 11.1. The Bertz CT molecular complexity index is 288. The molecule has 64 valence electrons. The Labute approximate surface area is 92.6 Å². The molecule has 4 heteroatoms. The van der Waals surface area contributed by atoms with Crippen LogP contribution in [-0.4, -0.2) is 11.5 Å². The van der Waals surface area contributed by atoms with E-state index in [1.54, 1.807) is 12.1 Å². The van der Waals surface area contributed by atoms with E-state index in [0.29, 0.717) is 5.56 Å². The van der Waals surface area contributed by atoms with Gasteiger partial charge >= 0.3 is 5.97 Å². The molecule has 0 radical (unpaired) electrons. The van der Waals surface area contributed by atoms with Gasteiger partial charge in [0.1, 0.15) is 5.52 Å². The standard InChI is InChI=1S/C8H6BrIO2/c9-5-12-8(11)6-2-1-3-7(10)4-6/h1-4H,5H2. The molecule has 0 aliphatic carbocycles. The second kappa shape index (κ2) is 4.81. The molecule has 0 aromatic heterocycles. The minimum Gasteiger partial charge on any atom is -0.450 e. The summed E-state index contributed by atoms with van der Waals surface area (Å²) in [5, 5.41) is 0. The van der Waals surface area contributed by atoms with E-state index < -0.39 is 0 Å². The highest BCUT2D eigenvalue weighted by atomic mass is 127. The Kier molecular flexibility index (Phi) is 4.00. The molecule has 0 amide bonds. The molecule has 0 atom stereocenters. The molecule has 1 aromatic carbocycles. The SMILES string of the molecule is O=C(OCBr)c1cccc(I)c1. The second-order valence-corrected chi connectivity index (χ2v) is 3.75. The van der Waals surface area contributed by atoms with Crippen LogP contribution >= 0.6 is 38.5 Å². The summed E-state index contributed by atoms with van der Waals surface area (Å²) in [4.78, 5) is 11.1. The van der Waals surface area contributed by atoms with Gasteiger partial charge in [-0.3, -0.25) is 0 Å². The van der Waals surface area contributed by atoms with E-state index >= 15 is 0 Å². The topological polar surface area (TPSA) is 26.3 Å². The molecule has 0 saturated carbocycles. The molecule has 2 nitrogen and oxygen atoms in total. The third-order valence-electron chi connectivity index (χ3n) is 1.25. The molecule has 0 bridgehead atoms. The first-order chi connectivity index (χ1) is 5.74. The van der Waals surface area contributed by atoms with Crippen LogP contribution in [0.15, 0.2) is 24.3 Å². The average molecular weight is 341 g/mol. The number of rotatable bonds is 2. The van der Waals surface area contributed by atoms with Gasteiger partial charge in [0, 0.05) is 3.57 Å². The lowest BCUT2D eigenvalue weighted by Gasteiger charge is -2.00. The highest BCUT2D eigenvalue weighted by Crippen LogP contribution is 2.09. The first-order valence-electron chi connectivity index (χ1n) is 3.22. The Hall–Kier alpha value is -0.100. The van der Waals surface area contributed by atoms with Gasteiger partial charge < -0.3 is 4.74 Å². The van der Waals surface area contributed by atoms with E-state index in [2.05, 4.69) is 38.5 Å². The van der Waals surface area contributed by atoms with Crippen LogP contribution in [0.1, 0.15) is 10.4 Å². The summed E-state index contributed by atoms with van der Waals surface area (Å²) in [7, 11) is 0. The maximum absolute atomic E-state index is 11.1. The summed E-state index contributed by atoms with van der Waals surface area (Å²) in [6.45, 7) is 0. The van der Waals surface area contributed by atoms with Crippen molar-refractivity contribution in [2.24, 2.45) is 0 Å². The van der Waals surface area contributed by atoms with Gasteiger partial charge in [0.25, 0.3) is 0 Å². The third kappa shape index (κ3) is 2.75. The normalized spacial score (nSPS) is 9.50. The molecule has 1 aromatic rings. The zero-order valence-corrected chi connectivity index (χ0v) is 9.83. The number of carbonyl (C=O) groups is 1. The number of hydrogen-bond donors (Lipinski definition) is 0. The molecule has 0 saturated heterocycles. The third-order valence-corrected chi connectivity index (χ3v) is 2.15. The number of benzene rings is 1. The van der Waals surface area contributed by atoms with Gasteiger partial charge in [0.15, 0.2) is 0 Å². The van der Waals surface area contributed by atoms with Crippen molar-refractivity contribution >= 4 is 44.5 Å². The number of ether oxygens (including phenoxy) is 1. The van der Waals surface area contributed by atoms with E-state index in [4.69, 9.17) is 4.74 Å². The number of esters is 1. The van der Waals surface area contributed by atoms with Gasteiger partial charge in [0.05, 0.1) is 5.56 Å². The molecule has 0 unspecified atom stereocenters. The fourth-order valence-electron chi connectivity index (χ4n) is 0.748. The second-order valence-electron chi connectivity index (χ2n) is 2.05. The molecular formula is C8H6BrIO2. The van der Waals surface area contributed by atoms with Gasteiger partial charge in [-0.05, 0) is 56.7 Å². The highest BCUT2D eigenvalue weighted by Gasteiger charge is 2.05. The predicted molar refractivity (Wildman–Crippen MR) is 58.4 cm³/mol. The summed E-state index contributed by atoms with van der Waals surface area (Å²) in [6, 6.07) is 7.26. The first kappa shape index (κ1) is 9.98. The quantitative estimate of drug-likeness (QED) is 0.470. The maximum Gasteiger partial charge on any atom is 0.339 e. The van der Waals surface area contributed by atoms with E-state index in [1.165, 1.54) is 0 Å². The zero-order chi connectivity index (χ0) is 8.97. The van der Waals surface area contributed by atoms with Crippen molar-refractivity contribution < 1.29 is 9.53 Å². The summed E-state index contributed by atoms with van der Waals surface area (Å²) in [6.07, 6.45) is 0. The Morgan fingerprint density at radius 3 is 2.92 bits per heavy atom. The van der Waals surface area contributed by atoms with Crippen LogP contribution in [0, 0.1) is 3.57 Å². The van der Waals surface area contributed by atoms with Crippen LogP contribution in [0.3, 0.4) is 0 Å². The van der Waals surface area contributed by atoms with Crippen molar-refractivity contribution in [1.29, 1.82) is 0 Å². The van der Waals surface area contributed by atoms with Crippen molar-refractivity contribution in [3.63, 3.8) is 0 Å². The number of alkyl halides is 1. The van der Waals surface area contributed by atoms with Crippen molar-refractivity contribution in [3.8, 4) is 0 Å². The number of halogens is 2. The molecule has 0 aliphatic rings. The molecular weight excluding hydrogens is 335 g/mol. The van der Waals surface area contributed by atoms with Gasteiger partial charge in [-0.25, -0.2) is 4.79 Å². The molecule has 0 heterocycles.